The Kier molecular flexibility index (Phi) is 3.57. The maximum absolute atomic E-state index is 9.26. The summed E-state index contributed by atoms with van der Waals surface area (Å²) >= 11 is 7.73. The fraction of sp³-hybridized carbons (Fsp3) is 0.455. The van der Waals surface area contributed by atoms with Crippen LogP contribution in [0.5, 0.6) is 0 Å². The van der Waals surface area contributed by atoms with E-state index in [1.165, 1.54) is 0 Å². The molecule has 0 saturated carbocycles. The first-order valence-electron chi connectivity index (χ1n) is 4.82. The molecule has 82 valence electrons. The van der Waals surface area contributed by atoms with Gasteiger partial charge in [0.05, 0.1) is 24.8 Å². The van der Waals surface area contributed by atoms with Crippen molar-refractivity contribution in [2.75, 3.05) is 25.6 Å². The lowest BCUT2D eigenvalue weighted by atomic mass is 9.90. The third-order valence-electron chi connectivity index (χ3n) is 2.52. The van der Waals surface area contributed by atoms with Crippen molar-refractivity contribution in [2.45, 2.75) is 4.90 Å². The first-order chi connectivity index (χ1) is 7.26. The summed E-state index contributed by atoms with van der Waals surface area (Å²) in [5.41, 5.74) is -0.0517. The van der Waals surface area contributed by atoms with E-state index >= 15 is 0 Å². The van der Waals surface area contributed by atoms with Crippen LogP contribution in [0.3, 0.4) is 0 Å². The molecule has 1 fully saturated rings. The van der Waals surface area contributed by atoms with Gasteiger partial charge >= 0.3 is 0 Å². The van der Waals surface area contributed by atoms with Crippen molar-refractivity contribution >= 4 is 23.4 Å². The van der Waals surface area contributed by atoms with E-state index in [1.54, 1.807) is 11.8 Å². The molecule has 0 aliphatic carbocycles. The third kappa shape index (κ3) is 2.48. The van der Waals surface area contributed by atoms with Gasteiger partial charge in [-0.05, 0) is 12.1 Å². The number of aliphatic hydroxyl groups excluding tert-OH is 1. The first kappa shape index (κ1) is 11.3. The van der Waals surface area contributed by atoms with Gasteiger partial charge in [0.1, 0.15) is 0 Å². The molecular formula is C11H13ClO2S. The summed E-state index contributed by atoms with van der Waals surface area (Å²) in [4.78, 5) is 1.07. The number of hydrogen-bond donors (Lipinski definition) is 1. The van der Waals surface area contributed by atoms with Crippen molar-refractivity contribution in [3.8, 4) is 0 Å². The zero-order valence-electron chi connectivity index (χ0n) is 8.28. The van der Waals surface area contributed by atoms with E-state index in [-0.39, 0.29) is 12.0 Å². The van der Waals surface area contributed by atoms with Crippen LogP contribution in [0.2, 0.25) is 5.02 Å². The van der Waals surface area contributed by atoms with E-state index in [0.717, 1.165) is 15.7 Å². The van der Waals surface area contributed by atoms with Gasteiger partial charge in [-0.2, -0.15) is 0 Å². The minimum atomic E-state index is -0.0517. The van der Waals surface area contributed by atoms with Crippen LogP contribution in [0.15, 0.2) is 29.2 Å². The van der Waals surface area contributed by atoms with Crippen LogP contribution >= 0.6 is 23.4 Å². The average molecular weight is 245 g/mol. The van der Waals surface area contributed by atoms with Gasteiger partial charge in [-0.1, -0.05) is 23.7 Å². The predicted molar refractivity (Wildman–Crippen MR) is 62.5 cm³/mol. The van der Waals surface area contributed by atoms with E-state index in [1.807, 2.05) is 24.3 Å². The van der Waals surface area contributed by atoms with Crippen LogP contribution in [0.1, 0.15) is 0 Å². The number of aliphatic hydroxyl groups is 1. The largest absolute Gasteiger partial charge is 0.396 e. The van der Waals surface area contributed by atoms with Crippen LogP contribution in [0.25, 0.3) is 0 Å². The second-order valence-corrected chi connectivity index (χ2v) is 5.29. The number of halogens is 1. The molecule has 2 nitrogen and oxygen atoms in total. The summed E-state index contributed by atoms with van der Waals surface area (Å²) in [7, 11) is 0. The van der Waals surface area contributed by atoms with E-state index in [2.05, 4.69) is 0 Å². The van der Waals surface area contributed by atoms with Crippen molar-refractivity contribution in [2.24, 2.45) is 5.41 Å². The van der Waals surface area contributed by atoms with Crippen molar-refractivity contribution in [3.05, 3.63) is 29.3 Å². The Morgan fingerprint density at radius 1 is 1.40 bits per heavy atom. The quantitative estimate of drug-likeness (QED) is 0.825. The molecule has 1 heterocycles. The second-order valence-electron chi connectivity index (χ2n) is 3.87. The van der Waals surface area contributed by atoms with Gasteiger partial charge in [0.15, 0.2) is 0 Å². The predicted octanol–water partition coefficient (Wildman–Crippen LogP) is 2.44. The van der Waals surface area contributed by atoms with E-state index < -0.39 is 0 Å². The fourth-order valence-corrected chi connectivity index (χ4v) is 2.80. The molecule has 1 aliphatic heterocycles. The molecule has 0 unspecified atom stereocenters. The van der Waals surface area contributed by atoms with Crippen LogP contribution in [-0.4, -0.2) is 30.7 Å². The highest BCUT2D eigenvalue weighted by atomic mass is 35.5. The zero-order valence-corrected chi connectivity index (χ0v) is 9.85. The van der Waals surface area contributed by atoms with E-state index in [0.29, 0.717) is 13.2 Å². The molecule has 0 spiro atoms. The lowest BCUT2D eigenvalue weighted by Crippen LogP contribution is -2.47. The summed E-state index contributed by atoms with van der Waals surface area (Å²) < 4.78 is 5.14. The maximum atomic E-state index is 9.26. The van der Waals surface area contributed by atoms with Crippen LogP contribution < -0.4 is 0 Å². The van der Waals surface area contributed by atoms with Crippen molar-refractivity contribution in [1.29, 1.82) is 0 Å². The lowest BCUT2D eigenvalue weighted by Gasteiger charge is -2.39. The Morgan fingerprint density at radius 3 is 2.67 bits per heavy atom. The molecule has 0 bridgehead atoms. The molecule has 1 saturated heterocycles. The van der Waals surface area contributed by atoms with Gasteiger partial charge < -0.3 is 9.84 Å². The SMILES string of the molecule is OCC1(CSc2ccccc2Cl)COC1. The molecular weight excluding hydrogens is 232 g/mol. The maximum Gasteiger partial charge on any atom is 0.0575 e. The molecule has 0 amide bonds. The zero-order chi connectivity index (χ0) is 10.7. The van der Waals surface area contributed by atoms with Gasteiger partial charge in [-0.3, -0.25) is 0 Å². The Balaban J connectivity index is 1.95. The first-order valence-corrected chi connectivity index (χ1v) is 6.18. The van der Waals surface area contributed by atoms with E-state index in [4.69, 9.17) is 16.3 Å². The molecule has 2 rings (SSSR count). The van der Waals surface area contributed by atoms with Crippen molar-refractivity contribution < 1.29 is 9.84 Å². The van der Waals surface area contributed by atoms with Gasteiger partial charge in [0, 0.05) is 16.1 Å². The van der Waals surface area contributed by atoms with Gasteiger partial charge in [-0.25, -0.2) is 0 Å². The van der Waals surface area contributed by atoms with E-state index in [9.17, 15) is 5.11 Å². The Bertz CT molecular complexity index is 334. The molecule has 1 aromatic carbocycles. The highest BCUT2D eigenvalue weighted by molar-refractivity contribution is 7.99. The van der Waals surface area contributed by atoms with Crippen molar-refractivity contribution in [3.63, 3.8) is 0 Å². The number of hydrogen-bond acceptors (Lipinski definition) is 3. The van der Waals surface area contributed by atoms with Crippen LogP contribution in [0, 0.1) is 5.41 Å². The summed E-state index contributed by atoms with van der Waals surface area (Å²) in [6, 6.07) is 7.77. The number of thioether (sulfide) groups is 1. The smallest absolute Gasteiger partial charge is 0.0575 e. The van der Waals surface area contributed by atoms with Crippen molar-refractivity contribution in [1.82, 2.24) is 0 Å². The van der Waals surface area contributed by atoms with Crippen LogP contribution in [0.4, 0.5) is 0 Å². The molecule has 4 heteroatoms. The van der Waals surface area contributed by atoms with Gasteiger partial charge in [0.25, 0.3) is 0 Å². The van der Waals surface area contributed by atoms with Gasteiger partial charge in [-0.15, -0.1) is 11.8 Å². The monoisotopic (exact) mass is 244 g/mol. The molecule has 0 aromatic heterocycles. The lowest BCUT2D eigenvalue weighted by molar-refractivity contribution is -0.121. The van der Waals surface area contributed by atoms with Crippen LogP contribution in [-0.2, 0) is 4.74 Å². The molecule has 1 aliphatic rings. The summed E-state index contributed by atoms with van der Waals surface area (Å²) in [6.45, 7) is 1.49. The molecule has 1 N–H and O–H groups in total. The molecule has 0 atom stereocenters. The third-order valence-corrected chi connectivity index (χ3v) is 4.39. The molecule has 1 aromatic rings. The summed E-state index contributed by atoms with van der Waals surface area (Å²) in [5.74, 6) is 0.854. The minimum absolute atomic E-state index is 0.0517. The standard InChI is InChI=1S/C11H13ClO2S/c12-9-3-1-2-4-10(9)15-8-11(5-13)6-14-7-11/h1-4,13H,5-8H2. The Morgan fingerprint density at radius 2 is 2.13 bits per heavy atom. The highest BCUT2D eigenvalue weighted by Crippen LogP contribution is 2.36. The Hall–Kier alpha value is -0.220. The topological polar surface area (TPSA) is 29.5 Å². The number of ether oxygens (including phenoxy) is 1. The highest BCUT2D eigenvalue weighted by Gasteiger charge is 2.38. The average Bonchev–Trinajstić information content (AvgIpc) is 2.19. The summed E-state index contributed by atoms with van der Waals surface area (Å²) in [6.07, 6.45) is 0. The summed E-state index contributed by atoms with van der Waals surface area (Å²) in [5, 5.41) is 10.0. The molecule has 15 heavy (non-hydrogen) atoms. The normalized spacial score (nSPS) is 18.5. The minimum Gasteiger partial charge on any atom is -0.396 e. The number of benzene rings is 1. The number of rotatable bonds is 4. The van der Waals surface area contributed by atoms with Gasteiger partial charge in [0.2, 0.25) is 0 Å². The molecule has 0 radical (unpaired) electrons. The second kappa shape index (κ2) is 4.74. The fourth-order valence-electron chi connectivity index (χ4n) is 1.40. The Labute approximate surface area is 98.6 Å².